The smallest absolute Gasteiger partial charge is 0.244 e. The lowest BCUT2D eigenvalue weighted by Gasteiger charge is -2.49. The van der Waals surface area contributed by atoms with Crippen LogP contribution in [0.2, 0.25) is 0 Å². The molecule has 4 rings (SSSR count). The molecule has 1 fully saturated rings. The monoisotopic (exact) mass is 373 g/mol. The Morgan fingerprint density at radius 3 is 2.61 bits per heavy atom. The predicted octanol–water partition coefficient (Wildman–Crippen LogP) is 4.96. The number of rotatable bonds is 5. The normalized spacial score (nSPS) is 19.6. The van der Waals surface area contributed by atoms with Gasteiger partial charge in [0.05, 0.1) is 22.9 Å². The summed E-state index contributed by atoms with van der Waals surface area (Å²) in [6.07, 6.45) is 2.60. The molecule has 4 nitrogen and oxygen atoms in total. The maximum atomic E-state index is 13.0. The van der Waals surface area contributed by atoms with E-state index in [-0.39, 0.29) is 5.91 Å². The number of para-hydroxylation sites is 1. The number of carbonyl (C=O) groups is 1. The lowest BCUT2D eigenvalue weighted by Crippen LogP contribution is -2.63. The second-order valence-electron chi connectivity index (χ2n) is 8.21. The second kappa shape index (κ2) is 7.36. The molecule has 1 saturated heterocycles. The van der Waals surface area contributed by atoms with Crippen molar-refractivity contribution < 1.29 is 4.79 Å². The number of nitrogens with one attached hydrogen (secondary N) is 1. The zero-order valence-corrected chi connectivity index (χ0v) is 16.8. The van der Waals surface area contributed by atoms with Crippen LogP contribution in [-0.4, -0.2) is 27.9 Å². The third-order valence-electron chi connectivity index (χ3n) is 5.92. The number of anilines is 1. The molecule has 1 amide bonds. The molecule has 28 heavy (non-hydrogen) atoms. The number of benzene rings is 2. The molecule has 4 heteroatoms. The van der Waals surface area contributed by atoms with Crippen LogP contribution in [0.5, 0.6) is 0 Å². The fourth-order valence-corrected chi connectivity index (χ4v) is 3.75. The highest BCUT2D eigenvalue weighted by atomic mass is 16.2. The number of pyridine rings is 1. The summed E-state index contributed by atoms with van der Waals surface area (Å²) in [4.78, 5) is 19.7. The van der Waals surface area contributed by atoms with Crippen molar-refractivity contribution in [2.45, 2.75) is 45.2 Å². The van der Waals surface area contributed by atoms with Gasteiger partial charge in [0, 0.05) is 18.5 Å². The molecular formula is C24H27N3O. The van der Waals surface area contributed by atoms with Crippen molar-refractivity contribution in [1.29, 1.82) is 0 Å². The van der Waals surface area contributed by atoms with Gasteiger partial charge in [-0.05, 0) is 42.5 Å². The SMILES string of the molecule is CC(C)c1ccc(CN2CCC2(C)C(=O)Nc2cnc3ccccc3c2)cc1. The van der Waals surface area contributed by atoms with Gasteiger partial charge in [-0.1, -0.05) is 56.3 Å². The number of hydrogen-bond donors (Lipinski definition) is 1. The van der Waals surface area contributed by atoms with Gasteiger partial charge in [0.15, 0.2) is 0 Å². The minimum Gasteiger partial charge on any atom is -0.323 e. The number of carbonyl (C=O) groups excluding carboxylic acids is 1. The summed E-state index contributed by atoms with van der Waals surface area (Å²) in [5, 5.41) is 4.10. The van der Waals surface area contributed by atoms with Gasteiger partial charge in [0.1, 0.15) is 0 Å². The van der Waals surface area contributed by atoms with E-state index in [1.54, 1.807) is 6.20 Å². The van der Waals surface area contributed by atoms with Crippen LogP contribution in [0.25, 0.3) is 10.9 Å². The van der Waals surface area contributed by atoms with Gasteiger partial charge in [0.25, 0.3) is 0 Å². The first-order valence-corrected chi connectivity index (χ1v) is 9.96. The fourth-order valence-electron chi connectivity index (χ4n) is 3.75. The predicted molar refractivity (Wildman–Crippen MR) is 114 cm³/mol. The van der Waals surface area contributed by atoms with Crippen molar-refractivity contribution >= 4 is 22.5 Å². The number of nitrogens with zero attached hydrogens (tertiary/aromatic N) is 2. The van der Waals surface area contributed by atoms with E-state index in [0.29, 0.717) is 5.92 Å². The molecule has 0 radical (unpaired) electrons. The van der Waals surface area contributed by atoms with E-state index in [0.717, 1.165) is 36.1 Å². The van der Waals surface area contributed by atoms with Crippen molar-refractivity contribution in [3.05, 3.63) is 71.9 Å². The zero-order chi connectivity index (χ0) is 19.7. The first-order valence-electron chi connectivity index (χ1n) is 9.96. The molecule has 2 aromatic carbocycles. The number of amides is 1. The molecular weight excluding hydrogens is 346 g/mol. The van der Waals surface area contributed by atoms with Gasteiger partial charge in [-0.3, -0.25) is 14.7 Å². The van der Waals surface area contributed by atoms with E-state index < -0.39 is 5.54 Å². The van der Waals surface area contributed by atoms with Crippen LogP contribution in [-0.2, 0) is 11.3 Å². The molecule has 144 valence electrons. The number of aromatic nitrogens is 1. The van der Waals surface area contributed by atoms with Crippen molar-refractivity contribution in [2.24, 2.45) is 0 Å². The Labute approximate surface area is 166 Å². The molecule has 1 aliphatic heterocycles. The van der Waals surface area contributed by atoms with Crippen LogP contribution in [0.4, 0.5) is 5.69 Å². The third-order valence-corrected chi connectivity index (χ3v) is 5.92. The molecule has 1 unspecified atom stereocenters. The van der Waals surface area contributed by atoms with Crippen LogP contribution in [0, 0.1) is 0 Å². The second-order valence-corrected chi connectivity index (χ2v) is 8.21. The van der Waals surface area contributed by atoms with Gasteiger partial charge >= 0.3 is 0 Å². The number of fused-ring (bicyclic) bond motifs is 1. The number of likely N-dealkylation sites (tertiary alicyclic amines) is 1. The van der Waals surface area contributed by atoms with E-state index >= 15 is 0 Å². The molecule has 1 aromatic heterocycles. The Hall–Kier alpha value is -2.72. The third kappa shape index (κ3) is 3.52. The molecule has 1 N–H and O–H groups in total. The van der Waals surface area contributed by atoms with Crippen molar-refractivity contribution in [3.63, 3.8) is 0 Å². The van der Waals surface area contributed by atoms with Gasteiger partial charge < -0.3 is 5.32 Å². The Balaban J connectivity index is 1.45. The van der Waals surface area contributed by atoms with Crippen LogP contribution < -0.4 is 5.32 Å². The van der Waals surface area contributed by atoms with Crippen molar-refractivity contribution in [2.75, 3.05) is 11.9 Å². The van der Waals surface area contributed by atoms with Crippen molar-refractivity contribution in [1.82, 2.24) is 9.88 Å². The van der Waals surface area contributed by atoms with Crippen LogP contribution >= 0.6 is 0 Å². The maximum absolute atomic E-state index is 13.0. The van der Waals surface area contributed by atoms with E-state index in [4.69, 9.17) is 0 Å². The quantitative estimate of drug-likeness (QED) is 0.687. The minimum atomic E-state index is -0.484. The number of hydrogen-bond acceptors (Lipinski definition) is 3. The van der Waals surface area contributed by atoms with Gasteiger partial charge in [-0.25, -0.2) is 0 Å². The van der Waals surface area contributed by atoms with E-state index in [1.807, 2.05) is 37.3 Å². The van der Waals surface area contributed by atoms with E-state index in [2.05, 4.69) is 53.3 Å². The standard InChI is InChI=1S/C24H27N3O/c1-17(2)19-10-8-18(9-11-19)16-27-13-12-24(27,3)23(28)26-21-14-20-6-4-5-7-22(20)25-15-21/h4-11,14-15,17H,12-13,16H2,1-3H3,(H,26,28). The Kier molecular flexibility index (Phi) is 4.90. The lowest BCUT2D eigenvalue weighted by atomic mass is 9.85. The average Bonchev–Trinajstić information content (AvgIpc) is 2.70. The summed E-state index contributed by atoms with van der Waals surface area (Å²) in [6, 6.07) is 18.7. The molecule has 0 aliphatic carbocycles. The summed E-state index contributed by atoms with van der Waals surface area (Å²) in [7, 11) is 0. The van der Waals surface area contributed by atoms with Crippen molar-refractivity contribution in [3.8, 4) is 0 Å². The summed E-state index contributed by atoms with van der Waals surface area (Å²) in [5.41, 5.74) is 3.79. The minimum absolute atomic E-state index is 0.0367. The van der Waals surface area contributed by atoms with Crippen LogP contribution in [0.3, 0.4) is 0 Å². The molecule has 0 bridgehead atoms. The average molecular weight is 374 g/mol. The van der Waals surface area contributed by atoms with Gasteiger partial charge in [-0.15, -0.1) is 0 Å². The molecule has 1 atom stereocenters. The van der Waals surface area contributed by atoms with Gasteiger partial charge in [-0.2, -0.15) is 0 Å². The Morgan fingerprint density at radius 2 is 1.93 bits per heavy atom. The Bertz CT molecular complexity index is 996. The molecule has 0 saturated carbocycles. The van der Waals surface area contributed by atoms with E-state index in [1.165, 1.54) is 11.1 Å². The highest BCUT2D eigenvalue weighted by Crippen LogP contribution is 2.33. The van der Waals surface area contributed by atoms with Crippen LogP contribution in [0.15, 0.2) is 60.8 Å². The van der Waals surface area contributed by atoms with Crippen LogP contribution in [0.1, 0.15) is 44.2 Å². The summed E-state index contributed by atoms with van der Waals surface area (Å²) in [6.45, 7) is 8.16. The fraction of sp³-hybridized carbons (Fsp3) is 0.333. The van der Waals surface area contributed by atoms with E-state index in [9.17, 15) is 4.79 Å². The molecule has 1 aliphatic rings. The molecule has 0 spiro atoms. The largest absolute Gasteiger partial charge is 0.323 e. The molecule has 2 heterocycles. The summed E-state index contributed by atoms with van der Waals surface area (Å²) < 4.78 is 0. The first kappa shape index (κ1) is 18.6. The lowest BCUT2D eigenvalue weighted by molar-refractivity contribution is -0.136. The summed E-state index contributed by atoms with van der Waals surface area (Å²) >= 11 is 0. The maximum Gasteiger partial charge on any atom is 0.244 e. The molecule has 3 aromatic rings. The zero-order valence-electron chi connectivity index (χ0n) is 16.8. The topological polar surface area (TPSA) is 45.2 Å². The summed E-state index contributed by atoms with van der Waals surface area (Å²) in [5.74, 6) is 0.569. The Morgan fingerprint density at radius 1 is 1.18 bits per heavy atom. The highest BCUT2D eigenvalue weighted by Gasteiger charge is 2.46. The van der Waals surface area contributed by atoms with Gasteiger partial charge in [0.2, 0.25) is 5.91 Å². The highest BCUT2D eigenvalue weighted by molar-refractivity contribution is 5.99. The first-order chi connectivity index (χ1) is 13.5.